The van der Waals surface area contributed by atoms with Crippen LogP contribution in [0.5, 0.6) is 0 Å². The molecule has 1 fully saturated rings. The molecule has 1 saturated heterocycles. The third kappa shape index (κ3) is 7.92. The maximum Gasteiger partial charge on any atom is 0.260 e. The molecule has 3 unspecified atom stereocenters. The number of piperidine rings is 1. The number of hydrazine groups is 1. The molecule has 0 bridgehead atoms. The van der Waals surface area contributed by atoms with E-state index in [1.807, 2.05) is 40.8 Å². The van der Waals surface area contributed by atoms with Gasteiger partial charge in [-0.15, -0.1) is 0 Å². The van der Waals surface area contributed by atoms with Crippen LogP contribution in [0.1, 0.15) is 53.9 Å². The normalized spacial score (nSPS) is 20.0. The molecule has 1 aliphatic heterocycles. The van der Waals surface area contributed by atoms with Crippen LogP contribution in [0.25, 0.3) is 0 Å². The van der Waals surface area contributed by atoms with Crippen LogP contribution in [0.3, 0.4) is 0 Å². The number of likely N-dealkylation sites (tertiary alicyclic amines) is 1. The van der Waals surface area contributed by atoms with Crippen molar-refractivity contribution in [3.8, 4) is 0 Å². The Balaban J connectivity index is 3.01. The van der Waals surface area contributed by atoms with Crippen LogP contribution in [0, 0.1) is 11.8 Å². The Labute approximate surface area is 188 Å². The van der Waals surface area contributed by atoms with Crippen molar-refractivity contribution in [3.63, 3.8) is 0 Å². The minimum atomic E-state index is -0.613. The van der Waals surface area contributed by atoms with E-state index in [0.717, 1.165) is 25.8 Å². The van der Waals surface area contributed by atoms with Gasteiger partial charge in [-0.3, -0.25) is 24.7 Å². The van der Waals surface area contributed by atoms with Gasteiger partial charge in [-0.25, -0.2) is 5.01 Å². The average molecular weight is 438 g/mol. The van der Waals surface area contributed by atoms with Crippen molar-refractivity contribution in [2.75, 3.05) is 34.7 Å². The molecule has 178 valence electrons. The van der Waals surface area contributed by atoms with E-state index in [2.05, 4.69) is 15.6 Å². The van der Waals surface area contributed by atoms with Crippen molar-refractivity contribution in [2.24, 2.45) is 11.8 Å². The van der Waals surface area contributed by atoms with E-state index in [1.165, 1.54) is 0 Å². The standard InChI is InChI=1S/C23H43N5O3/c1-15(2)19(14-17(5)21(29)25-26(6)7)28(9)23(31)20(16(3)4)24-22(30)18-12-10-11-13-27(18)8/h14-16,18-20H,10-13H2,1-9H3,(H,24,30)(H,25,29)/b17-14+. The lowest BCUT2D eigenvalue weighted by molar-refractivity contribution is -0.139. The summed E-state index contributed by atoms with van der Waals surface area (Å²) in [6.07, 6.45) is 4.76. The molecule has 0 saturated carbocycles. The second-order valence-corrected chi connectivity index (χ2v) is 9.59. The van der Waals surface area contributed by atoms with Crippen LogP contribution in [0.2, 0.25) is 0 Å². The van der Waals surface area contributed by atoms with Crippen molar-refractivity contribution in [3.05, 3.63) is 11.6 Å². The summed E-state index contributed by atoms with van der Waals surface area (Å²) < 4.78 is 0. The first-order chi connectivity index (χ1) is 14.4. The van der Waals surface area contributed by atoms with Gasteiger partial charge in [0.15, 0.2) is 0 Å². The zero-order valence-corrected chi connectivity index (χ0v) is 20.9. The fourth-order valence-electron chi connectivity index (χ4n) is 3.91. The number of hydrogen-bond acceptors (Lipinski definition) is 5. The monoisotopic (exact) mass is 437 g/mol. The van der Waals surface area contributed by atoms with Crippen molar-refractivity contribution >= 4 is 17.7 Å². The lowest BCUT2D eigenvalue weighted by Crippen LogP contribution is -2.57. The number of hydrogen-bond donors (Lipinski definition) is 2. The molecule has 31 heavy (non-hydrogen) atoms. The summed E-state index contributed by atoms with van der Waals surface area (Å²) in [7, 11) is 7.21. The lowest BCUT2D eigenvalue weighted by Gasteiger charge is -2.36. The van der Waals surface area contributed by atoms with Gasteiger partial charge in [0.05, 0.1) is 12.1 Å². The average Bonchev–Trinajstić information content (AvgIpc) is 2.68. The van der Waals surface area contributed by atoms with E-state index >= 15 is 0 Å². The zero-order chi connectivity index (χ0) is 23.9. The summed E-state index contributed by atoms with van der Waals surface area (Å²) in [6, 6.07) is -1.07. The molecule has 2 N–H and O–H groups in total. The summed E-state index contributed by atoms with van der Waals surface area (Å²) in [4.78, 5) is 42.4. The number of amides is 3. The molecule has 3 atom stereocenters. The van der Waals surface area contributed by atoms with E-state index in [9.17, 15) is 14.4 Å². The topological polar surface area (TPSA) is 85.0 Å². The van der Waals surface area contributed by atoms with Crippen LogP contribution in [0.15, 0.2) is 11.6 Å². The van der Waals surface area contributed by atoms with Gasteiger partial charge in [0.1, 0.15) is 6.04 Å². The van der Waals surface area contributed by atoms with Crippen molar-refractivity contribution in [2.45, 2.75) is 72.0 Å². The number of carbonyl (C=O) groups is 3. The fourth-order valence-corrected chi connectivity index (χ4v) is 3.91. The predicted octanol–water partition coefficient (Wildman–Crippen LogP) is 1.63. The molecule has 0 aromatic heterocycles. The molecule has 0 aromatic rings. The van der Waals surface area contributed by atoms with E-state index in [0.29, 0.717) is 5.57 Å². The van der Waals surface area contributed by atoms with Gasteiger partial charge in [0.25, 0.3) is 5.91 Å². The maximum atomic E-state index is 13.4. The first-order valence-corrected chi connectivity index (χ1v) is 11.3. The number of nitrogens with zero attached hydrogens (tertiary/aromatic N) is 3. The van der Waals surface area contributed by atoms with Crippen LogP contribution in [-0.4, -0.2) is 85.4 Å². The molecule has 1 heterocycles. The van der Waals surface area contributed by atoms with Gasteiger partial charge in [0.2, 0.25) is 11.8 Å². The molecule has 1 aliphatic rings. The molecule has 3 amide bonds. The zero-order valence-electron chi connectivity index (χ0n) is 20.9. The molecule has 8 nitrogen and oxygen atoms in total. The first-order valence-electron chi connectivity index (χ1n) is 11.3. The van der Waals surface area contributed by atoms with Crippen LogP contribution in [-0.2, 0) is 14.4 Å². The van der Waals surface area contributed by atoms with Gasteiger partial charge in [-0.1, -0.05) is 40.2 Å². The van der Waals surface area contributed by atoms with E-state index in [4.69, 9.17) is 0 Å². The third-order valence-corrected chi connectivity index (χ3v) is 5.89. The van der Waals surface area contributed by atoms with E-state index < -0.39 is 6.04 Å². The summed E-state index contributed by atoms with van der Waals surface area (Å²) in [5, 5.41) is 4.60. The highest BCUT2D eigenvalue weighted by Gasteiger charge is 2.34. The minimum Gasteiger partial charge on any atom is -0.343 e. The second kappa shape index (κ2) is 12.2. The SMILES string of the molecule is C/C(=C\C(C(C)C)N(C)C(=O)C(NC(=O)C1CCCCN1C)C(C)C)C(=O)NN(C)C. The highest BCUT2D eigenvalue weighted by molar-refractivity contribution is 5.93. The fraction of sp³-hybridized carbons (Fsp3) is 0.783. The molecular weight excluding hydrogens is 394 g/mol. The second-order valence-electron chi connectivity index (χ2n) is 9.59. The highest BCUT2D eigenvalue weighted by atomic mass is 16.2. The Morgan fingerprint density at radius 2 is 1.65 bits per heavy atom. The number of likely N-dealkylation sites (N-methyl/N-ethyl adjacent to an activating group) is 2. The van der Waals surface area contributed by atoms with E-state index in [1.54, 1.807) is 38.0 Å². The predicted molar refractivity (Wildman–Crippen MR) is 124 cm³/mol. The van der Waals surface area contributed by atoms with E-state index in [-0.39, 0.29) is 41.6 Å². The molecule has 0 aliphatic carbocycles. The van der Waals surface area contributed by atoms with Gasteiger partial charge in [0, 0.05) is 26.7 Å². The van der Waals surface area contributed by atoms with Crippen LogP contribution in [0.4, 0.5) is 0 Å². The quantitative estimate of drug-likeness (QED) is 0.423. The summed E-state index contributed by atoms with van der Waals surface area (Å²) >= 11 is 0. The Hall–Kier alpha value is -1.93. The Morgan fingerprint density at radius 3 is 2.13 bits per heavy atom. The number of carbonyl (C=O) groups excluding carboxylic acids is 3. The Morgan fingerprint density at radius 1 is 1.03 bits per heavy atom. The van der Waals surface area contributed by atoms with Crippen molar-refractivity contribution in [1.82, 2.24) is 25.6 Å². The number of nitrogens with one attached hydrogen (secondary N) is 2. The maximum absolute atomic E-state index is 13.4. The smallest absolute Gasteiger partial charge is 0.260 e. The third-order valence-electron chi connectivity index (χ3n) is 5.89. The molecule has 1 rings (SSSR count). The summed E-state index contributed by atoms with van der Waals surface area (Å²) in [6.45, 7) is 10.6. The number of rotatable bonds is 9. The lowest BCUT2D eigenvalue weighted by atomic mass is 9.96. The molecule has 0 radical (unpaired) electrons. The summed E-state index contributed by atoms with van der Waals surface area (Å²) in [5.74, 6) is -0.379. The summed E-state index contributed by atoms with van der Waals surface area (Å²) in [5.41, 5.74) is 3.27. The first kappa shape index (κ1) is 27.1. The Bertz CT molecular complexity index is 660. The van der Waals surface area contributed by atoms with Gasteiger partial charge < -0.3 is 10.2 Å². The highest BCUT2D eigenvalue weighted by Crippen LogP contribution is 2.19. The largest absolute Gasteiger partial charge is 0.343 e. The van der Waals surface area contributed by atoms with Crippen molar-refractivity contribution < 1.29 is 14.4 Å². The Kier molecular flexibility index (Phi) is 10.7. The molecule has 8 heteroatoms. The van der Waals surface area contributed by atoms with Crippen LogP contribution >= 0.6 is 0 Å². The van der Waals surface area contributed by atoms with Gasteiger partial charge >= 0.3 is 0 Å². The molecular formula is C23H43N5O3. The van der Waals surface area contributed by atoms with Crippen LogP contribution < -0.4 is 10.7 Å². The minimum absolute atomic E-state index is 0.0530. The van der Waals surface area contributed by atoms with Crippen molar-refractivity contribution in [1.29, 1.82) is 0 Å². The molecule has 0 aromatic carbocycles. The van der Waals surface area contributed by atoms with Gasteiger partial charge in [-0.2, -0.15) is 0 Å². The molecule has 0 spiro atoms. The van der Waals surface area contributed by atoms with Gasteiger partial charge in [-0.05, 0) is 45.2 Å².